The lowest BCUT2D eigenvalue weighted by Crippen LogP contribution is -2.43. The van der Waals surface area contributed by atoms with Crippen molar-refractivity contribution in [1.82, 2.24) is 9.97 Å². The fourth-order valence-corrected chi connectivity index (χ4v) is 3.39. The molecule has 0 saturated carbocycles. The Labute approximate surface area is 115 Å². The zero-order valence-corrected chi connectivity index (χ0v) is 11.7. The molecule has 0 N–H and O–H groups in total. The quantitative estimate of drug-likeness (QED) is 0.794. The van der Waals surface area contributed by atoms with Crippen LogP contribution in [0, 0.1) is 6.92 Å². The SMILES string of the molecule is Cc1csc2c(N3CCOC(CCl)C3)ncnc12. The number of aryl methyl sites for hydroxylation is 1. The molecule has 0 bridgehead atoms. The number of alkyl halides is 1. The van der Waals surface area contributed by atoms with Gasteiger partial charge in [0.2, 0.25) is 0 Å². The van der Waals surface area contributed by atoms with Crippen LogP contribution in [0.3, 0.4) is 0 Å². The van der Waals surface area contributed by atoms with E-state index in [0.717, 1.165) is 29.1 Å². The summed E-state index contributed by atoms with van der Waals surface area (Å²) in [6, 6.07) is 0. The van der Waals surface area contributed by atoms with Gasteiger partial charge in [-0.3, -0.25) is 0 Å². The lowest BCUT2D eigenvalue weighted by molar-refractivity contribution is 0.0553. The molecule has 96 valence electrons. The van der Waals surface area contributed by atoms with Crippen LogP contribution < -0.4 is 4.90 Å². The van der Waals surface area contributed by atoms with Gasteiger partial charge in [0.1, 0.15) is 12.1 Å². The maximum atomic E-state index is 5.87. The molecule has 3 heterocycles. The Morgan fingerprint density at radius 2 is 2.44 bits per heavy atom. The second-order valence-corrected chi connectivity index (χ2v) is 5.58. The van der Waals surface area contributed by atoms with Gasteiger partial charge in [0.25, 0.3) is 0 Å². The summed E-state index contributed by atoms with van der Waals surface area (Å²) in [6.45, 7) is 4.44. The molecule has 2 aromatic rings. The van der Waals surface area contributed by atoms with Gasteiger partial charge in [-0.25, -0.2) is 9.97 Å². The van der Waals surface area contributed by atoms with Gasteiger partial charge in [-0.05, 0) is 17.9 Å². The maximum absolute atomic E-state index is 5.87. The summed E-state index contributed by atoms with van der Waals surface area (Å²) < 4.78 is 6.74. The molecule has 3 rings (SSSR count). The predicted octanol–water partition coefficient (Wildman–Crippen LogP) is 2.44. The molecule has 0 amide bonds. The van der Waals surface area contributed by atoms with E-state index in [0.29, 0.717) is 12.5 Å². The van der Waals surface area contributed by atoms with Crippen LogP contribution in [0.25, 0.3) is 10.2 Å². The molecule has 1 saturated heterocycles. The van der Waals surface area contributed by atoms with E-state index in [1.165, 1.54) is 5.56 Å². The number of anilines is 1. The molecule has 0 spiro atoms. The summed E-state index contributed by atoms with van der Waals surface area (Å²) >= 11 is 7.58. The molecule has 0 aliphatic carbocycles. The minimum absolute atomic E-state index is 0.0893. The Hall–Kier alpha value is -0.910. The molecule has 1 fully saturated rings. The third kappa shape index (κ3) is 2.06. The number of hydrogen-bond acceptors (Lipinski definition) is 5. The van der Waals surface area contributed by atoms with Crippen LogP contribution in [0.15, 0.2) is 11.7 Å². The van der Waals surface area contributed by atoms with E-state index in [9.17, 15) is 0 Å². The van der Waals surface area contributed by atoms with Crippen molar-refractivity contribution in [2.45, 2.75) is 13.0 Å². The Kier molecular flexibility index (Phi) is 3.37. The van der Waals surface area contributed by atoms with E-state index in [1.807, 2.05) is 0 Å². The maximum Gasteiger partial charge on any atom is 0.150 e. The zero-order chi connectivity index (χ0) is 12.5. The van der Waals surface area contributed by atoms with E-state index in [2.05, 4.69) is 27.2 Å². The van der Waals surface area contributed by atoms with Gasteiger partial charge < -0.3 is 9.64 Å². The molecule has 1 atom stereocenters. The van der Waals surface area contributed by atoms with Crippen molar-refractivity contribution in [3.8, 4) is 0 Å². The first-order valence-corrected chi connectivity index (χ1v) is 7.32. The lowest BCUT2D eigenvalue weighted by atomic mass is 10.2. The number of thiophene rings is 1. The fourth-order valence-electron chi connectivity index (χ4n) is 2.19. The average Bonchev–Trinajstić information content (AvgIpc) is 2.81. The van der Waals surface area contributed by atoms with Gasteiger partial charge in [0.15, 0.2) is 0 Å². The molecular formula is C12H14ClN3OS. The minimum Gasteiger partial charge on any atom is -0.373 e. The van der Waals surface area contributed by atoms with Gasteiger partial charge in [-0.1, -0.05) is 0 Å². The molecule has 1 unspecified atom stereocenters. The highest BCUT2D eigenvalue weighted by Gasteiger charge is 2.23. The molecule has 0 aromatic carbocycles. The number of hydrogen-bond donors (Lipinski definition) is 0. The second-order valence-electron chi connectivity index (χ2n) is 4.39. The fraction of sp³-hybridized carbons (Fsp3) is 0.500. The number of aromatic nitrogens is 2. The molecular weight excluding hydrogens is 270 g/mol. The number of fused-ring (bicyclic) bond motifs is 1. The molecule has 1 aliphatic rings. The largest absolute Gasteiger partial charge is 0.373 e. The smallest absolute Gasteiger partial charge is 0.150 e. The third-order valence-corrected chi connectivity index (χ3v) is 4.55. The molecule has 2 aromatic heterocycles. The summed E-state index contributed by atoms with van der Waals surface area (Å²) in [7, 11) is 0. The normalized spacial score (nSPS) is 20.6. The van der Waals surface area contributed by atoms with Crippen LogP contribution >= 0.6 is 22.9 Å². The van der Waals surface area contributed by atoms with Crippen molar-refractivity contribution in [3.05, 3.63) is 17.3 Å². The van der Waals surface area contributed by atoms with E-state index in [4.69, 9.17) is 16.3 Å². The Bertz CT molecular complexity index is 559. The van der Waals surface area contributed by atoms with Crippen molar-refractivity contribution in [2.24, 2.45) is 0 Å². The summed E-state index contributed by atoms with van der Waals surface area (Å²) in [5, 5.41) is 2.13. The van der Waals surface area contributed by atoms with Crippen molar-refractivity contribution < 1.29 is 4.74 Å². The lowest BCUT2D eigenvalue weighted by Gasteiger charge is -2.32. The highest BCUT2D eigenvalue weighted by Crippen LogP contribution is 2.31. The number of nitrogens with zero attached hydrogens (tertiary/aromatic N) is 3. The van der Waals surface area contributed by atoms with Crippen LogP contribution in [0.5, 0.6) is 0 Å². The van der Waals surface area contributed by atoms with Gasteiger partial charge in [-0.2, -0.15) is 0 Å². The van der Waals surface area contributed by atoms with E-state index in [-0.39, 0.29) is 6.10 Å². The van der Waals surface area contributed by atoms with Crippen LogP contribution in [0.2, 0.25) is 0 Å². The third-order valence-electron chi connectivity index (χ3n) is 3.12. The van der Waals surface area contributed by atoms with Crippen LogP contribution in [-0.4, -0.2) is 41.6 Å². The van der Waals surface area contributed by atoms with Crippen molar-refractivity contribution in [2.75, 3.05) is 30.5 Å². The first-order valence-electron chi connectivity index (χ1n) is 5.91. The van der Waals surface area contributed by atoms with Gasteiger partial charge in [0.05, 0.1) is 28.8 Å². The average molecular weight is 284 g/mol. The molecule has 4 nitrogen and oxygen atoms in total. The first kappa shape index (κ1) is 12.1. The predicted molar refractivity (Wildman–Crippen MR) is 74.8 cm³/mol. The Morgan fingerprint density at radius 1 is 1.56 bits per heavy atom. The standard InChI is InChI=1S/C12H14ClN3OS/c1-8-6-18-11-10(8)14-7-15-12(11)16-2-3-17-9(4-13)5-16/h6-7,9H,2-5H2,1H3. The summed E-state index contributed by atoms with van der Waals surface area (Å²) in [6.07, 6.45) is 1.73. The molecule has 0 radical (unpaired) electrons. The van der Waals surface area contributed by atoms with Crippen molar-refractivity contribution in [1.29, 1.82) is 0 Å². The zero-order valence-electron chi connectivity index (χ0n) is 10.1. The van der Waals surface area contributed by atoms with Crippen molar-refractivity contribution in [3.63, 3.8) is 0 Å². The van der Waals surface area contributed by atoms with E-state index in [1.54, 1.807) is 17.7 Å². The highest BCUT2D eigenvalue weighted by atomic mass is 35.5. The number of ether oxygens (including phenoxy) is 1. The van der Waals surface area contributed by atoms with Gasteiger partial charge in [-0.15, -0.1) is 22.9 Å². The second kappa shape index (κ2) is 4.99. The molecule has 6 heteroatoms. The minimum atomic E-state index is 0.0893. The number of rotatable bonds is 2. The van der Waals surface area contributed by atoms with E-state index >= 15 is 0 Å². The highest BCUT2D eigenvalue weighted by molar-refractivity contribution is 7.18. The summed E-state index contributed by atoms with van der Waals surface area (Å²) in [5.41, 5.74) is 2.26. The Morgan fingerprint density at radius 3 is 3.28 bits per heavy atom. The monoisotopic (exact) mass is 283 g/mol. The Balaban J connectivity index is 1.98. The van der Waals surface area contributed by atoms with Crippen LogP contribution in [0.4, 0.5) is 5.82 Å². The summed E-state index contributed by atoms with van der Waals surface area (Å²) in [4.78, 5) is 11.0. The number of morpholine rings is 1. The van der Waals surface area contributed by atoms with Crippen LogP contribution in [-0.2, 0) is 4.74 Å². The molecule has 18 heavy (non-hydrogen) atoms. The van der Waals surface area contributed by atoms with Crippen LogP contribution in [0.1, 0.15) is 5.56 Å². The summed E-state index contributed by atoms with van der Waals surface area (Å²) in [5.74, 6) is 1.53. The first-order chi connectivity index (χ1) is 8.79. The topological polar surface area (TPSA) is 38.2 Å². The van der Waals surface area contributed by atoms with Gasteiger partial charge in [0, 0.05) is 13.1 Å². The van der Waals surface area contributed by atoms with E-state index < -0.39 is 0 Å². The van der Waals surface area contributed by atoms with Gasteiger partial charge >= 0.3 is 0 Å². The van der Waals surface area contributed by atoms with Crippen molar-refractivity contribution >= 4 is 39.0 Å². The molecule has 1 aliphatic heterocycles. The number of halogens is 1.